The zero-order valence-electron chi connectivity index (χ0n) is 22.7. The molecule has 0 saturated carbocycles. The summed E-state index contributed by atoms with van der Waals surface area (Å²) >= 11 is 0. The Morgan fingerprint density at radius 2 is 0.659 bits per heavy atom. The summed E-state index contributed by atoms with van der Waals surface area (Å²) in [4.78, 5) is 14.6. The molecule has 0 unspecified atom stereocenters. The first-order valence-corrected chi connectivity index (χ1v) is 13.9. The SMILES string of the molecule is FC(c1cccc(Cc2ccccc2)n1)(c1cccc(Cc2ccccc2)n1)c1cccc(Cc2ccccc2)n1. The lowest BCUT2D eigenvalue weighted by molar-refractivity contribution is 0.257. The first-order chi connectivity index (χ1) is 20.2. The van der Waals surface area contributed by atoms with Crippen LogP contribution in [-0.2, 0) is 24.9 Å². The molecule has 41 heavy (non-hydrogen) atoms. The van der Waals surface area contributed by atoms with Crippen LogP contribution in [0.15, 0.2) is 146 Å². The van der Waals surface area contributed by atoms with Crippen molar-refractivity contribution in [1.29, 1.82) is 0 Å². The highest BCUT2D eigenvalue weighted by molar-refractivity contribution is 5.41. The van der Waals surface area contributed by atoms with Crippen molar-refractivity contribution in [1.82, 2.24) is 15.0 Å². The topological polar surface area (TPSA) is 38.7 Å². The molecule has 0 spiro atoms. The molecule has 0 aliphatic carbocycles. The molecule has 0 amide bonds. The third-order valence-corrected chi connectivity index (χ3v) is 7.16. The first kappa shape index (κ1) is 26.3. The Labute approximate surface area is 240 Å². The van der Waals surface area contributed by atoms with Gasteiger partial charge in [-0.2, -0.15) is 0 Å². The van der Waals surface area contributed by atoms with Crippen molar-refractivity contribution in [2.24, 2.45) is 0 Å². The maximum Gasteiger partial charge on any atom is 0.236 e. The number of aromatic nitrogens is 3. The number of alkyl halides is 1. The van der Waals surface area contributed by atoms with Crippen LogP contribution in [0.1, 0.15) is 50.9 Å². The highest BCUT2D eigenvalue weighted by Gasteiger charge is 2.41. The van der Waals surface area contributed by atoms with Crippen LogP contribution >= 0.6 is 0 Å². The van der Waals surface area contributed by atoms with Gasteiger partial charge in [-0.05, 0) is 53.1 Å². The van der Waals surface area contributed by atoms with E-state index in [4.69, 9.17) is 15.0 Å². The fraction of sp³-hybridized carbons (Fsp3) is 0.108. The van der Waals surface area contributed by atoms with Gasteiger partial charge in [0, 0.05) is 36.3 Å². The first-order valence-electron chi connectivity index (χ1n) is 13.9. The lowest BCUT2D eigenvalue weighted by atomic mass is 9.90. The van der Waals surface area contributed by atoms with Crippen LogP contribution in [0.2, 0.25) is 0 Å². The average molecular weight is 536 g/mol. The number of hydrogen-bond acceptors (Lipinski definition) is 3. The molecule has 3 heterocycles. The van der Waals surface area contributed by atoms with Crippen molar-refractivity contribution >= 4 is 0 Å². The predicted molar refractivity (Wildman–Crippen MR) is 161 cm³/mol. The third kappa shape index (κ3) is 6.12. The molecule has 3 nitrogen and oxygen atoms in total. The third-order valence-electron chi connectivity index (χ3n) is 7.16. The van der Waals surface area contributed by atoms with Crippen LogP contribution in [-0.4, -0.2) is 15.0 Å². The van der Waals surface area contributed by atoms with E-state index in [0.29, 0.717) is 19.3 Å². The van der Waals surface area contributed by atoms with E-state index in [9.17, 15) is 0 Å². The molecule has 0 atom stereocenters. The highest BCUT2D eigenvalue weighted by Crippen LogP contribution is 2.38. The molecule has 3 aromatic carbocycles. The van der Waals surface area contributed by atoms with Crippen molar-refractivity contribution in [3.8, 4) is 0 Å². The Bertz CT molecular complexity index is 1520. The number of hydrogen-bond donors (Lipinski definition) is 0. The van der Waals surface area contributed by atoms with Gasteiger partial charge in [0.05, 0.1) is 17.1 Å². The molecule has 3 aromatic heterocycles. The van der Waals surface area contributed by atoms with Gasteiger partial charge in [0.2, 0.25) is 5.67 Å². The fourth-order valence-corrected chi connectivity index (χ4v) is 5.12. The molecular weight excluding hydrogens is 505 g/mol. The number of rotatable bonds is 9. The van der Waals surface area contributed by atoms with Crippen molar-refractivity contribution < 1.29 is 4.39 Å². The summed E-state index contributed by atoms with van der Waals surface area (Å²) in [7, 11) is 0. The molecule has 0 aliphatic heterocycles. The number of halogens is 1. The van der Waals surface area contributed by atoms with Crippen molar-refractivity contribution in [3.63, 3.8) is 0 Å². The molecule has 4 heteroatoms. The molecule has 0 bridgehead atoms. The quantitative estimate of drug-likeness (QED) is 0.189. The van der Waals surface area contributed by atoms with Crippen LogP contribution in [0, 0.1) is 0 Å². The lowest BCUT2D eigenvalue weighted by Crippen LogP contribution is -2.28. The molecule has 0 saturated heterocycles. The summed E-state index contributed by atoms with van der Waals surface area (Å²) in [5.41, 5.74) is 4.41. The Morgan fingerprint density at radius 1 is 0.366 bits per heavy atom. The Hall–Kier alpha value is -4.96. The van der Waals surface area contributed by atoms with E-state index in [1.165, 1.54) is 0 Å². The van der Waals surface area contributed by atoms with E-state index in [1.54, 1.807) is 18.2 Å². The summed E-state index contributed by atoms with van der Waals surface area (Å²) < 4.78 is 18.0. The zero-order chi connectivity index (χ0) is 27.9. The standard InChI is InChI=1S/C37H30FN3/c38-37(34-22-10-19-31(39-34)25-28-13-4-1-5-14-28,35-23-11-20-32(40-35)26-29-15-6-2-7-16-29)36-24-12-21-33(41-36)27-30-17-8-3-9-18-30/h1-24H,25-27H2. The van der Waals surface area contributed by atoms with Crippen molar-refractivity contribution in [3.05, 3.63) is 196 Å². The van der Waals surface area contributed by atoms with Crippen molar-refractivity contribution in [2.75, 3.05) is 0 Å². The van der Waals surface area contributed by atoms with Gasteiger partial charge in [0.25, 0.3) is 0 Å². The van der Waals surface area contributed by atoms with Gasteiger partial charge in [0.15, 0.2) is 0 Å². The molecule has 0 fully saturated rings. The van der Waals surface area contributed by atoms with Gasteiger partial charge in [-0.3, -0.25) is 15.0 Å². The molecule has 6 rings (SSSR count). The minimum atomic E-state index is -2.15. The number of nitrogens with zero attached hydrogens (tertiary/aromatic N) is 3. The molecule has 0 radical (unpaired) electrons. The minimum absolute atomic E-state index is 0.277. The largest absolute Gasteiger partial charge is 0.253 e. The van der Waals surface area contributed by atoms with E-state index in [1.807, 2.05) is 91.0 Å². The molecule has 6 aromatic rings. The van der Waals surface area contributed by atoms with Crippen LogP contribution in [0.4, 0.5) is 4.39 Å². The predicted octanol–water partition coefficient (Wildman–Crippen LogP) is 7.91. The minimum Gasteiger partial charge on any atom is -0.253 e. The fourth-order valence-electron chi connectivity index (χ4n) is 5.12. The lowest BCUT2D eigenvalue weighted by Gasteiger charge is -2.25. The molecule has 0 aliphatic rings. The smallest absolute Gasteiger partial charge is 0.236 e. The van der Waals surface area contributed by atoms with Crippen LogP contribution in [0.5, 0.6) is 0 Å². The maximum atomic E-state index is 18.0. The van der Waals surface area contributed by atoms with Crippen molar-refractivity contribution in [2.45, 2.75) is 24.9 Å². The summed E-state index contributed by atoms with van der Waals surface area (Å²) in [5.74, 6) is 0. The monoisotopic (exact) mass is 535 g/mol. The van der Waals surface area contributed by atoms with Crippen LogP contribution in [0.25, 0.3) is 0 Å². The second-order valence-electron chi connectivity index (χ2n) is 10.2. The summed E-state index contributed by atoms with van der Waals surface area (Å²) in [6.45, 7) is 0. The summed E-state index contributed by atoms with van der Waals surface area (Å²) in [6.07, 6.45) is 1.81. The van der Waals surface area contributed by atoms with E-state index >= 15 is 4.39 Å². The summed E-state index contributed by atoms with van der Waals surface area (Å²) in [5, 5.41) is 0. The van der Waals surface area contributed by atoms with Gasteiger partial charge in [-0.25, -0.2) is 4.39 Å². The Morgan fingerprint density at radius 3 is 0.951 bits per heavy atom. The number of benzene rings is 3. The molecule has 200 valence electrons. The van der Waals surface area contributed by atoms with E-state index in [-0.39, 0.29) is 17.1 Å². The van der Waals surface area contributed by atoms with Crippen LogP contribution < -0.4 is 0 Å². The normalized spacial score (nSPS) is 11.3. The van der Waals surface area contributed by atoms with Gasteiger partial charge in [-0.1, -0.05) is 109 Å². The number of pyridine rings is 3. The maximum absolute atomic E-state index is 18.0. The highest BCUT2D eigenvalue weighted by atomic mass is 19.1. The Balaban J connectivity index is 1.44. The molecule has 0 N–H and O–H groups in total. The van der Waals surface area contributed by atoms with Crippen LogP contribution in [0.3, 0.4) is 0 Å². The Kier molecular flexibility index (Phi) is 7.72. The van der Waals surface area contributed by atoms with Gasteiger partial charge < -0.3 is 0 Å². The van der Waals surface area contributed by atoms with Gasteiger partial charge >= 0.3 is 0 Å². The zero-order valence-corrected chi connectivity index (χ0v) is 22.7. The second-order valence-corrected chi connectivity index (χ2v) is 10.2. The van der Waals surface area contributed by atoms with E-state index < -0.39 is 5.67 Å². The van der Waals surface area contributed by atoms with E-state index in [0.717, 1.165) is 33.8 Å². The molecular formula is C37H30FN3. The van der Waals surface area contributed by atoms with Gasteiger partial charge in [0.1, 0.15) is 0 Å². The average Bonchev–Trinajstić information content (AvgIpc) is 3.03. The second kappa shape index (κ2) is 12.1. The van der Waals surface area contributed by atoms with E-state index in [2.05, 4.69) is 36.4 Å². The van der Waals surface area contributed by atoms with Gasteiger partial charge in [-0.15, -0.1) is 0 Å². The summed E-state index contributed by atoms with van der Waals surface area (Å²) in [6, 6.07) is 47.0.